The molecular weight excluding hydrogens is 412 g/mol. The van der Waals surface area contributed by atoms with Gasteiger partial charge in [0.1, 0.15) is 5.75 Å². The first-order valence-electron chi connectivity index (χ1n) is 8.60. The van der Waals surface area contributed by atoms with E-state index in [1.165, 1.54) is 38.3 Å². The Bertz CT molecular complexity index is 1110. The molecule has 0 spiro atoms. The maximum atomic E-state index is 12.9. The van der Waals surface area contributed by atoms with E-state index in [1.54, 1.807) is 18.2 Å². The highest BCUT2D eigenvalue weighted by Crippen LogP contribution is 2.44. The highest BCUT2D eigenvalue weighted by atomic mass is 32.2. The summed E-state index contributed by atoms with van der Waals surface area (Å²) in [5, 5.41) is 11.3. The molecule has 2 aromatic carbocycles. The van der Waals surface area contributed by atoms with Crippen molar-refractivity contribution in [2.24, 2.45) is 0 Å². The molecule has 0 aliphatic carbocycles. The number of rotatable bonds is 4. The summed E-state index contributed by atoms with van der Waals surface area (Å²) < 4.78 is 10.1. The molecule has 0 bridgehead atoms. The van der Waals surface area contributed by atoms with Gasteiger partial charge in [-0.05, 0) is 35.9 Å². The molecule has 1 aliphatic rings. The summed E-state index contributed by atoms with van der Waals surface area (Å²) in [4.78, 5) is 48.7. The van der Waals surface area contributed by atoms with Crippen LogP contribution in [0.25, 0.3) is 6.08 Å². The van der Waals surface area contributed by atoms with Gasteiger partial charge in [0.25, 0.3) is 5.91 Å². The lowest BCUT2D eigenvalue weighted by molar-refractivity contribution is -0.385. The van der Waals surface area contributed by atoms with Gasteiger partial charge in [0.15, 0.2) is 0 Å². The van der Waals surface area contributed by atoms with Crippen molar-refractivity contribution in [1.82, 2.24) is 0 Å². The third-order valence-electron chi connectivity index (χ3n) is 4.09. The van der Waals surface area contributed by atoms with E-state index in [0.717, 1.165) is 23.6 Å². The first-order chi connectivity index (χ1) is 14.2. The van der Waals surface area contributed by atoms with Gasteiger partial charge >= 0.3 is 11.7 Å². The predicted octanol–water partition coefficient (Wildman–Crippen LogP) is 3.56. The molecule has 154 valence electrons. The zero-order valence-corrected chi connectivity index (χ0v) is 17.0. The number of imide groups is 1. The predicted molar refractivity (Wildman–Crippen MR) is 109 cm³/mol. The molecule has 0 saturated heterocycles. The normalized spacial score (nSPS) is 14.3. The Morgan fingerprint density at radius 1 is 1.17 bits per heavy atom. The number of hydrogen-bond donors (Lipinski definition) is 0. The first-order valence-corrected chi connectivity index (χ1v) is 9.42. The highest BCUT2D eigenvalue weighted by Gasteiger charge is 2.32. The molecule has 30 heavy (non-hydrogen) atoms. The SMILES string of the molecule is COc1ccc2c(c1)S/C(=C/c1ccc(OC(C)=O)c([N+](=O)[O-])c1)C(=O)N2C(C)=O. The van der Waals surface area contributed by atoms with E-state index >= 15 is 0 Å². The van der Waals surface area contributed by atoms with E-state index in [1.807, 2.05) is 0 Å². The average Bonchev–Trinajstić information content (AvgIpc) is 2.68. The van der Waals surface area contributed by atoms with E-state index in [4.69, 9.17) is 9.47 Å². The molecule has 9 nitrogen and oxygen atoms in total. The van der Waals surface area contributed by atoms with E-state index in [-0.39, 0.29) is 10.7 Å². The third kappa shape index (κ3) is 4.18. The zero-order chi connectivity index (χ0) is 22.0. The largest absolute Gasteiger partial charge is 0.497 e. The number of benzene rings is 2. The number of hydrogen-bond acceptors (Lipinski definition) is 8. The standard InChI is InChI=1S/C20H16N2O7S/c1-11(23)21-15-6-5-14(28-3)10-18(15)30-19(20(21)25)9-13-4-7-17(29-12(2)24)16(8-13)22(26)27/h4-10H,1-3H3/b19-9+. The Hall–Kier alpha value is -3.66. The van der Waals surface area contributed by atoms with Gasteiger partial charge in [-0.3, -0.25) is 24.5 Å². The van der Waals surface area contributed by atoms with Crippen molar-refractivity contribution in [1.29, 1.82) is 0 Å². The minimum atomic E-state index is -0.690. The fraction of sp³-hybridized carbons (Fsp3) is 0.150. The van der Waals surface area contributed by atoms with Crippen LogP contribution in [-0.4, -0.2) is 29.8 Å². The maximum Gasteiger partial charge on any atom is 0.312 e. The monoisotopic (exact) mass is 428 g/mol. The number of nitro benzene ring substituents is 1. The molecule has 1 aliphatic heterocycles. The van der Waals surface area contributed by atoms with Crippen LogP contribution in [0.3, 0.4) is 0 Å². The topological polar surface area (TPSA) is 116 Å². The minimum absolute atomic E-state index is 0.195. The summed E-state index contributed by atoms with van der Waals surface area (Å²) in [5.41, 5.74) is 0.355. The molecule has 2 aromatic rings. The Labute approximate surface area is 175 Å². The van der Waals surface area contributed by atoms with Crippen LogP contribution in [0.4, 0.5) is 11.4 Å². The van der Waals surface area contributed by atoms with Crippen LogP contribution in [0.2, 0.25) is 0 Å². The maximum absolute atomic E-state index is 12.9. The summed E-state index contributed by atoms with van der Waals surface area (Å²) in [6.07, 6.45) is 1.44. The Morgan fingerprint density at radius 3 is 2.50 bits per heavy atom. The molecule has 10 heteroatoms. The lowest BCUT2D eigenvalue weighted by Crippen LogP contribution is -2.38. The number of nitrogens with zero attached hydrogens (tertiary/aromatic N) is 2. The van der Waals surface area contributed by atoms with Crippen molar-refractivity contribution in [3.8, 4) is 11.5 Å². The molecule has 0 atom stereocenters. The van der Waals surface area contributed by atoms with Gasteiger partial charge in [-0.2, -0.15) is 0 Å². The third-order valence-corrected chi connectivity index (χ3v) is 5.15. The molecule has 0 radical (unpaired) electrons. The molecule has 3 rings (SSSR count). The van der Waals surface area contributed by atoms with Crippen molar-refractivity contribution in [3.05, 3.63) is 57.0 Å². The van der Waals surface area contributed by atoms with E-state index in [9.17, 15) is 24.5 Å². The summed E-state index contributed by atoms with van der Waals surface area (Å²) in [6.45, 7) is 2.41. The number of anilines is 1. The number of fused-ring (bicyclic) bond motifs is 1. The second kappa shape index (κ2) is 8.37. The van der Waals surface area contributed by atoms with Crippen molar-refractivity contribution >= 4 is 47.0 Å². The number of amides is 2. The summed E-state index contributed by atoms with van der Waals surface area (Å²) in [6, 6.07) is 8.92. The Morgan fingerprint density at radius 2 is 1.90 bits per heavy atom. The number of thioether (sulfide) groups is 1. The summed E-state index contributed by atoms with van der Waals surface area (Å²) >= 11 is 1.12. The van der Waals surface area contributed by atoms with Crippen LogP contribution in [0, 0.1) is 10.1 Å². The molecule has 0 aromatic heterocycles. The molecule has 2 amide bonds. The van der Waals surface area contributed by atoms with Crippen LogP contribution < -0.4 is 14.4 Å². The highest BCUT2D eigenvalue weighted by molar-refractivity contribution is 8.04. The fourth-order valence-electron chi connectivity index (χ4n) is 2.83. The van der Waals surface area contributed by atoms with Gasteiger partial charge in [0.2, 0.25) is 11.7 Å². The quantitative estimate of drug-likeness (QED) is 0.239. The molecule has 0 unspecified atom stereocenters. The van der Waals surface area contributed by atoms with Gasteiger partial charge in [0, 0.05) is 24.8 Å². The van der Waals surface area contributed by atoms with Gasteiger partial charge in [-0.1, -0.05) is 17.8 Å². The van der Waals surface area contributed by atoms with Crippen LogP contribution in [0.15, 0.2) is 46.2 Å². The fourth-order valence-corrected chi connectivity index (χ4v) is 3.88. The lowest BCUT2D eigenvalue weighted by atomic mass is 10.1. The van der Waals surface area contributed by atoms with Gasteiger partial charge in [0.05, 0.1) is 22.6 Å². The van der Waals surface area contributed by atoms with Crippen LogP contribution in [0.1, 0.15) is 19.4 Å². The first kappa shape index (κ1) is 21.1. The molecule has 0 fully saturated rings. The Balaban J connectivity index is 2.07. The Kier molecular flexibility index (Phi) is 5.88. The molecular formula is C20H16N2O7S. The van der Waals surface area contributed by atoms with Crippen molar-refractivity contribution in [2.75, 3.05) is 12.0 Å². The smallest absolute Gasteiger partial charge is 0.312 e. The van der Waals surface area contributed by atoms with Gasteiger partial charge in [-0.25, -0.2) is 4.90 Å². The average molecular weight is 428 g/mol. The zero-order valence-electron chi connectivity index (χ0n) is 16.2. The summed E-state index contributed by atoms with van der Waals surface area (Å²) in [7, 11) is 1.50. The molecule has 1 heterocycles. The molecule has 0 saturated carbocycles. The number of carbonyl (C=O) groups excluding carboxylic acids is 3. The van der Waals surface area contributed by atoms with Gasteiger partial charge < -0.3 is 9.47 Å². The molecule has 0 N–H and O–H groups in total. The van der Waals surface area contributed by atoms with Crippen LogP contribution >= 0.6 is 11.8 Å². The van der Waals surface area contributed by atoms with Crippen LogP contribution in [0.5, 0.6) is 11.5 Å². The van der Waals surface area contributed by atoms with Crippen molar-refractivity contribution in [3.63, 3.8) is 0 Å². The second-order valence-electron chi connectivity index (χ2n) is 6.18. The van der Waals surface area contributed by atoms with Crippen molar-refractivity contribution < 1.29 is 28.8 Å². The van der Waals surface area contributed by atoms with E-state index in [2.05, 4.69) is 0 Å². The summed E-state index contributed by atoms with van der Waals surface area (Å²) in [5.74, 6) is -1.34. The lowest BCUT2D eigenvalue weighted by Gasteiger charge is -2.28. The van der Waals surface area contributed by atoms with E-state index in [0.29, 0.717) is 21.9 Å². The van der Waals surface area contributed by atoms with Crippen molar-refractivity contribution in [2.45, 2.75) is 18.7 Å². The number of carbonyl (C=O) groups is 3. The number of esters is 1. The van der Waals surface area contributed by atoms with Gasteiger partial charge in [-0.15, -0.1) is 0 Å². The van der Waals surface area contributed by atoms with Crippen LogP contribution in [-0.2, 0) is 14.4 Å². The minimum Gasteiger partial charge on any atom is -0.497 e. The second-order valence-corrected chi connectivity index (χ2v) is 7.27. The number of ether oxygens (including phenoxy) is 2. The number of nitro groups is 1. The number of methoxy groups -OCH3 is 1. The van der Waals surface area contributed by atoms with E-state index < -0.39 is 28.4 Å².